The van der Waals surface area contributed by atoms with Crippen molar-refractivity contribution in [2.75, 3.05) is 18.0 Å². The van der Waals surface area contributed by atoms with E-state index in [0.29, 0.717) is 18.4 Å². The number of piperidine rings is 2. The monoisotopic (exact) mass is 291 g/mol. The molecule has 0 spiro atoms. The Morgan fingerprint density at radius 3 is 3.00 bits per heavy atom. The van der Waals surface area contributed by atoms with E-state index in [1.807, 2.05) is 13.0 Å². The molecule has 2 aliphatic heterocycles. The van der Waals surface area contributed by atoms with Crippen LogP contribution < -0.4 is 16.0 Å². The van der Waals surface area contributed by atoms with Crippen LogP contribution >= 0.6 is 0 Å². The molecule has 3 N–H and O–H groups in total. The SMILES string of the molecule is C[C@@H](N)c1cc(F)ccc1N1CCC2NC(=O)CCC2C1. The zero-order chi connectivity index (χ0) is 15.0. The van der Waals surface area contributed by atoms with Crippen molar-refractivity contribution in [3.63, 3.8) is 0 Å². The van der Waals surface area contributed by atoms with Crippen molar-refractivity contribution >= 4 is 11.6 Å². The maximum Gasteiger partial charge on any atom is 0.220 e. The lowest BCUT2D eigenvalue weighted by atomic mass is 9.84. The summed E-state index contributed by atoms with van der Waals surface area (Å²) >= 11 is 0. The van der Waals surface area contributed by atoms with E-state index in [9.17, 15) is 9.18 Å². The average molecular weight is 291 g/mol. The van der Waals surface area contributed by atoms with Gasteiger partial charge in [0.2, 0.25) is 5.91 Å². The van der Waals surface area contributed by atoms with Crippen LogP contribution in [0, 0.1) is 11.7 Å². The smallest absolute Gasteiger partial charge is 0.220 e. The molecule has 2 saturated heterocycles. The van der Waals surface area contributed by atoms with Gasteiger partial charge in [-0.1, -0.05) is 0 Å². The molecule has 0 bridgehead atoms. The predicted octanol–water partition coefficient (Wildman–Crippen LogP) is 1.95. The van der Waals surface area contributed by atoms with Gasteiger partial charge in [0, 0.05) is 37.3 Å². The minimum atomic E-state index is -0.245. The minimum Gasteiger partial charge on any atom is -0.371 e. The number of hydrogen-bond acceptors (Lipinski definition) is 3. The van der Waals surface area contributed by atoms with Crippen LogP contribution in [0.3, 0.4) is 0 Å². The maximum absolute atomic E-state index is 13.5. The molecule has 0 aromatic heterocycles. The van der Waals surface area contributed by atoms with Crippen LogP contribution in [-0.2, 0) is 4.79 Å². The molecule has 0 radical (unpaired) electrons. The van der Waals surface area contributed by atoms with E-state index in [-0.39, 0.29) is 17.8 Å². The van der Waals surface area contributed by atoms with Gasteiger partial charge in [-0.15, -0.1) is 0 Å². The number of amides is 1. The summed E-state index contributed by atoms with van der Waals surface area (Å²) in [5.74, 6) is 0.399. The van der Waals surface area contributed by atoms with Crippen LogP contribution in [0.4, 0.5) is 10.1 Å². The van der Waals surface area contributed by atoms with Gasteiger partial charge in [-0.2, -0.15) is 0 Å². The zero-order valence-electron chi connectivity index (χ0n) is 12.3. The highest BCUT2D eigenvalue weighted by Crippen LogP contribution is 2.32. The molecule has 21 heavy (non-hydrogen) atoms. The van der Waals surface area contributed by atoms with Gasteiger partial charge in [0.15, 0.2) is 0 Å². The number of nitrogens with one attached hydrogen (secondary N) is 1. The molecule has 2 heterocycles. The number of nitrogens with zero attached hydrogens (tertiary/aromatic N) is 1. The zero-order valence-corrected chi connectivity index (χ0v) is 12.3. The lowest BCUT2D eigenvalue weighted by Gasteiger charge is -2.43. The van der Waals surface area contributed by atoms with Crippen molar-refractivity contribution in [1.29, 1.82) is 0 Å². The Morgan fingerprint density at radius 1 is 1.43 bits per heavy atom. The fraction of sp³-hybridized carbons (Fsp3) is 0.562. The van der Waals surface area contributed by atoms with Gasteiger partial charge in [-0.05, 0) is 49.4 Å². The van der Waals surface area contributed by atoms with Crippen molar-refractivity contribution in [2.24, 2.45) is 11.7 Å². The molecule has 1 aromatic rings. The molecule has 1 aromatic carbocycles. The van der Waals surface area contributed by atoms with E-state index in [1.165, 1.54) is 12.1 Å². The second-order valence-corrected chi connectivity index (χ2v) is 6.20. The Hall–Kier alpha value is -1.62. The fourth-order valence-electron chi connectivity index (χ4n) is 3.51. The number of benzene rings is 1. The normalized spacial score (nSPS) is 27.0. The van der Waals surface area contributed by atoms with Gasteiger partial charge < -0.3 is 16.0 Å². The first kappa shape index (κ1) is 14.3. The summed E-state index contributed by atoms with van der Waals surface area (Å²) in [4.78, 5) is 13.8. The first-order chi connectivity index (χ1) is 10.0. The second-order valence-electron chi connectivity index (χ2n) is 6.20. The topological polar surface area (TPSA) is 58.4 Å². The largest absolute Gasteiger partial charge is 0.371 e. The fourth-order valence-corrected chi connectivity index (χ4v) is 3.51. The summed E-state index contributed by atoms with van der Waals surface area (Å²) in [7, 11) is 0. The average Bonchev–Trinajstić information content (AvgIpc) is 2.46. The van der Waals surface area contributed by atoms with Crippen LogP contribution in [0.1, 0.15) is 37.8 Å². The highest BCUT2D eigenvalue weighted by Gasteiger charge is 2.34. The Bertz CT molecular complexity index is 546. The number of halogens is 1. The Balaban J connectivity index is 1.81. The molecule has 2 aliphatic rings. The van der Waals surface area contributed by atoms with E-state index < -0.39 is 0 Å². The van der Waals surface area contributed by atoms with Crippen molar-refractivity contribution in [3.05, 3.63) is 29.6 Å². The first-order valence-electron chi connectivity index (χ1n) is 7.64. The molecule has 2 unspecified atom stereocenters. The molecular weight excluding hydrogens is 269 g/mol. The van der Waals surface area contributed by atoms with Crippen LogP contribution in [0.25, 0.3) is 0 Å². The lowest BCUT2D eigenvalue weighted by Crippen LogP contribution is -2.54. The molecule has 1 amide bonds. The number of anilines is 1. The summed E-state index contributed by atoms with van der Waals surface area (Å²) in [6.45, 7) is 3.65. The molecule has 5 heteroatoms. The van der Waals surface area contributed by atoms with E-state index in [4.69, 9.17) is 5.73 Å². The third-order valence-corrected chi connectivity index (χ3v) is 4.64. The molecule has 114 valence electrons. The predicted molar refractivity (Wildman–Crippen MR) is 80.5 cm³/mol. The number of rotatable bonds is 2. The van der Waals surface area contributed by atoms with Gasteiger partial charge in [-0.3, -0.25) is 4.79 Å². The van der Waals surface area contributed by atoms with Gasteiger partial charge in [0.05, 0.1) is 0 Å². The van der Waals surface area contributed by atoms with Crippen LogP contribution in [0.15, 0.2) is 18.2 Å². The molecular formula is C16H22FN3O. The van der Waals surface area contributed by atoms with Crippen molar-refractivity contribution in [2.45, 2.75) is 38.3 Å². The highest BCUT2D eigenvalue weighted by molar-refractivity contribution is 5.77. The summed E-state index contributed by atoms with van der Waals surface area (Å²) in [6, 6.07) is 4.96. The summed E-state index contributed by atoms with van der Waals surface area (Å²) in [5, 5.41) is 3.09. The van der Waals surface area contributed by atoms with Crippen LogP contribution in [-0.4, -0.2) is 25.0 Å². The lowest BCUT2D eigenvalue weighted by molar-refractivity contribution is -0.124. The quantitative estimate of drug-likeness (QED) is 0.875. The van der Waals surface area contributed by atoms with Gasteiger partial charge in [0.1, 0.15) is 5.82 Å². The molecule has 0 aliphatic carbocycles. The van der Waals surface area contributed by atoms with E-state index in [1.54, 1.807) is 0 Å². The third-order valence-electron chi connectivity index (χ3n) is 4.64. The highest BCUT2D eigenvalue weighted by atomic mass is 19.1. The molecule has 4 nitrogen and oxygen atoms in total. The summed E-state index contributed by atoms with van der Waals surface area (Å²) in [6.07, 6.45) is 2.48. The minimum absolute atomic E-state index is 0.169. The van der Waals surface area contributed by atoms with Gasteiger partial charge in [0.25, 0.3) is 0 Å². The van der Waals surface area contributed by atoms with Crippen LogP contribution in [0.5, 0.6) is 0 Å². The standard InChI is InChI=1S/C16H22FN3O/c1-10(18)13-8-12(17)3-4-15(13)20-7-6-14-11(9-20)2-5-16(21)19-14/h3-4,8,10-11,14H,2,5-7,9,18H2,1H3,(H,19,21)/t10-,11?,14?/m1/s1. The molecule has 3 rings (SSSR count). The van der Waals surface area contributed by atoms with Crippen molar-refractivity contribution in [1.82, 2.24) is 5.32 Å². The number of nitrogens with two attached hydrogens (primary N) is 1. The third kappa shape index (κ3) is 2.88. The Labute approximate surface area is 124 Å². The molecule has 0 saturated carbocycles. The summed E-state index contributed by atoms with van der Waals surface area (Å²) < 4.78 is 13.5. The van der Waals surface area contributed by atoms with Gasteiger partial charge >= 0.3 is 0 Å². The molecule has 3 atom stereocenters. The van der Waals surface area contributed by atoms with Crippen molar-refractivity contribution in [3.8, 4) is 0 Å². The number of carbonyl (C=O) groups is 1. The number of carbonyl (C=O) groups excluding carboxylic acids is 1. The summed E-state index contributed by atoms with van der Waals surface area (Å²) in [5.41, 5.74) is 7.87. The van der Waals surface area contributed by atoms with Crippen LogP contribution in [0.2, 0.25) is 0 Å². The first-order valence-corrected chi connectivity index (χ1v) is 7.64. The number of hydrogen-bond donors (Lipinski definition) is 2. The second kappa shape index (κ2) is 5.64. The van der Waals surface area contributed by atoms with E-state index in [2.05, 4.69) is 10.2 Å². The van der Waals surface area contributed by atoms with E-state index >= 15 is 0 Å². The van der Waals surface area contributed by atoms with Gasteiger partial charge in [-0.25, -0.2) is 4.39 Å². The van der Waals surface area contributed by atoms with E-state index in [0.717, 1.165) is 37.2 Å². The number of fused-ring (bicyclic) bond motifs is 1. The Kier molecular flexibility index (Phi) is 3.85. The molecule has 2 fully saturated rings. The maximum atomic E-state index is 13.5. The van der Waals surface area contributed by atoms with Crippen molar-refractivity contribution < 1.29 is 9.18 Å². The Morgan fingerprint density at radius 2 is 2.24 bits per heavy atom.